The molecule has 33 heavy (non-hydrogen) atoms. The molecule has 2 bridgehead atoms. The number of halogens is 2. The van der Waals surface area contributed by atoms with Gasteiger partial charge < -0.3 is 15.3 Å². The van der Waals surface area contributed by atoms with Crippen molar-refractivity contribution in [3.05, 3.63) is 59.1 Å². The number of anilines is 1. The zero-order valence-corrected chi connectivity index (χ0v) is 19.0. The minimum absolute atomic E-state index is 0.0631. The van der Waals surface area contributed by atoms with Crippen LogP contribution in [0.1, 0.15) is 25.6 Å². The zero-order valence-electron chi connectivity index (χ0n) is 18.3. The molecule has 0 saturated carbocycles. The lowest BCUT2D eigenvalue weighted by Crippen LogP contribution is -2.51. The third-order valence-electron chi connectivity index (χ3n) is 6.86. The summed E-state index contributed by atoms with van der Waals surface area (Å²) in [6, 6.07) is 13.4. The van der Waals surface area contributed by atoms with Crippen LogP contribution < -0.4 is 10.2 Å². The molecule has 2 N–H and O–H groups in total. The van der Waals surface area contributed by atoms with Gasteiger partial charge in [-0.15, -0.1) is 0 Å². The molecule has 3 aromatic carbocycles. The second kappa shape index (κ2) is 7.82. The molecule has 2 aliphatic heterocycles. The van der Waals surface area contributed by atoms with Crippen molar-refractivity contribution in [3.63, 3.8) is 0 Å². The van der Waals surface area contributed by atoms with Gasteiger partial charge in [0.1, 0.15) is 22.9 Å². The molecule has 0 amide bonds. The number of phenols is 1. The average molecular weight is 463 g/mol. The van der Waals surface area contributed by atoms with E-state index in [1.54, 1.807) is 18.2 Å². The lowest BCUT2D eigenvalue weighted by Gasteiger charge is -2.34. The number of fused-ring (bicyclic) bond motifs is 4. The third kappa shape index (κ3) is 3.40. The van der Waals surface area contributed by atoms with Crippen molar-refractivity contribution in [2.45, 2.75) is 38.3 Å². The summed E-state index contributed by atoms with van der Waals surface area (Å²) in [5, 5.41) is 16.5. The van der Waals surface area contributed by atoms with E-state index in [0.717, 1.165) is 42.5 Å². The Morgan fingerprint density at radius 1 is 1.09 bits per heavy atom. The standard InChI is InChI=1S/C26H24ClFN4O/c1-2-22-30-25-20(26(31-22)32-12-15-7-8-16(13-32)29-15)11-21(27)23(24(25)28)19-10-17(33)9-14-5-3-4-6-18(14)19/h3-6,9-11,15-16,29,33H,2,7-8,12-13H2,1H3. The van der Waals surface area contributed by atoms with Gasteiger partial charge in [0, 0.05) is 42.5 Å². The molecule has 2 unspecified atom stereocenters. The first kappa shape index (κ1) is 20.6. The Morgan fingerprint density at radius 3 is 2.61 bits per heavy atom. The molecule has 5 nitrogen and oxygen atoms in total. The fourth-order valence-electron chi connectivity index (χ4n) is 5.34. The Labute approximate surface area is 196 Å². The molecule has 2 fully saturated rings. The minimum atomic E-state index is -0.482. The van der Waals surface area contributed by atoms with Crippen LogP contribution in [0.4, 0.5) is 10.2 Å². The maximum atomic E-state index is 16.2. The van der Waals surface area contributed by atoms with Crippen LogP contribution in [0.15, 0.2) is 42.5 Å². The second-order valence-electron chi connectivity index (χ2n) is 9.02. The van der Waals surface area contributed by atoms with E-state index in [-0.39, 0.29) is 21.9 Å². The summed E-state index contributed by atoms with van der Waals surface area (Å²) >= 11 is 6.74. The number of benzene rings is 3. The number of nitrogens with zero attached hydrogens (tertiary/aromatic N) is 3. The highest BCUT2D eigenvalue weighted by Gasteiger charge is 2.34. The Morgan fingerprint density at radius 2 is 1.85 bits per heavy atom. The summed E-state index contributed by atoms with van der Waals surface area (Å²) in [5.74, 6) is 0.942. The van der Waals surface area contributed by atoms with Gasteiger partial charge in [-0.05, 0) is 47.4 Å². The summed E-state index contributed by atoms with van der Waals surface area (Å²) in [5.41, 5.74) is 1.08. The minimum Gasteiger partial charge on any atom is -0.508 e. The van der Waals surface area contributed by atoms with Crippen LogP contribution in [-0.4, -0.2) is 40.2 Å². The monoisotopic (exact) mass is 462 g/mol. The van der Waals surface area contributed by atoms with E-state index < -0.39 is 5.82 Å². The number of aryl methyl sites for hydroxylation is 1. The van der Waals surface area contributed by atoms with E-state index in [1.165, 1.54) is 0 Å². The summed E-state index contributed by atoms with van der Waals surface area (Å²) in [7, 11) is 0. The van der Waals surface area contributed by atoms with Gasteiger partial charge in [0.25, 0.3) is 0 Å². The van der Waals surface area contributed by atoms with E-state index in [0.29, 0.717) is 35.3 Å². The fourth-order valence-corrected chi connectivity index (χ4v) is 5.64. The summed E-state index contributed by atoms with van der Waals surface area (Å²) in [4.78, 5) is 11.6. The average Bonchev–Trinajstić information content (AvgIpc) is 3.15. The molecule has 168 valence electrons. The van der Waals surface area contributed by atoms with Crippen LogP contribution >= 0.6 is 11.6 Å². The molecular formula is C26H24ClFN4O. The second-order valence-corrected chi connectivity index (χ2v) is 9.43. The number of nitrogens with one attached hydrogen (secondary N) is 1. The third-order valence-corrected chi connectivity index (χ3v) is 7.16. The number of aromatic hydroxyl groups is 1. The van der Waals surface area contributed by atoms with Crippen molar-refractivity contribution in [1.82, 2.24) is 15.3 Å². The predicted octanol–water partition coefficient (Wildman–Crippen LogP) is 5.45. The first-order chi connectivity index (χ1) is 16.0. The van der Waals surface area contributed by atoms with Gasteiger partial charge >= 0.3 is 0 Å². The quantitative estimate of drug-likeness (QED) is 0.424. The van der Waals surface area contributed by atoms with E-state index in [1.807, 2.05) is 31.2 Å². The number of aromatic nitrogens is 2. The lowest BCUT2D eigenvalue weighted by molar-refractivity contribution is 0.464. The predicted molar refractivity (Wildman–Crippen MR) is 131 cm³/mol. The van der Waals surface area contributed by atoms with Gasteiger partial charge in [-0.25, -0.2) is 14.4 Å². The highest BCUT2D eigenvalue weighted by molar-refractivity contribution is 6.35. The maximum Gasteiger partial charge on any atom is 0.158 e. The van der Waals surface area contributed by atoms with Gasteiger partial charge in [-0.3, -0.25) is 0 Å². The first-order valence-corrected chi connectivity index (χ1v) is 11.8. The fraction of sp³-hybridized carbons (Fsp3) is 0.308. The largest absolute Gasteiger partial charge is 0.508 e. The lowest BCUT2D eigenvalue weighted by atomic mass is 9.96. The Hall–Kier alpha value is -2.96. The van der Waals surface area contributed by atoms with Crippen LogP contribution in [0.3, 0.4) is 0 Å². The zero-order chi connectivity index (χ0) is 22.7. The summed E-state index contributed by atoms with van der Waals surface area (Å²) in [6.45, 7) is 3.65. The van der Waals surface area contributed by atoms with Gasteiger partial charge in [-0.1, -0.05) is 42.8 Å². The Bertz CT molecular complexity index is 1400. The Balaban J connectivity index is 1.60. The van der Waals surface area contributed by atoms with Crippen molar-refractivity contribution in [3.8, 4) is 16.9 Å². The summed E-state index contributed by atoms with van der Waals surface area (Å²) in [6.07, 6.45) is 2.90. The van der Waals surface area contributed by atoms with Crippen molar-refractivity contribution >= 4 is 39.1 Å². The van der Waals surface area contributed by atoms with E-state index in [9.17, 15) is 5.11 Å². The SMILES string of the molecule is CCc1nc(N2CC3CCC(C2)N3)c2cc(Cl)c(-c3cc(O)cc4ccccc34)c(F)c2n1. The van der Waals surface area contributed by atoms with E-state index in [4.69, 9.17) is 16.6 Å². The van der Waals surface area contributed by atoms with Gasteiger partial charge in [0.2, 0.25) is 0 Å². The number of phenolic OH excluding ortho intramolecular Hbond substituents is 1. The molecule has 2 saturated heterocycles. The van der Waals surface area contributed by atoms with Crippen LogP contribution in [0.5, 0.6) is 5.75 Å². The molecule has 4 aromatic rings. The van der Waals surface area contributed by atoms with Crippen LogP contribution in [0.25, 0.3) is 32.8 Å². The number of hydrogen-bond acceptors (Lipinski definition) is 5. The molecular weight excluding hydrogens is 439 g/mol. The molecule has 0 radical (unpaired) electrons. The van der Waals surface area contributed by atoms with Gasteiger partial charge in [0.05, 0.1) is 5.02 Å². The number of hydrogen-bond donors (Lipinski definition) is 2. The molecule has 0 spiro atoms. The molecule has 7 heteroatoms. The molecule has 2 aliphatic rings. The van der Waals surface area contributed by atoms with Crippen LogP contribution in [0, 0.1) is 5.82 Å². The van der Waals surface area contributed by atoms with Gasteiger partial charge in [-0.2, -0.15) is 0 Å². The first-order valence-electron chi connectivity index (χ1n) is 11.4. The molecule has 3 heterocycles. The van der Waals surface area contributed by atoms with Crippen LogP contribution in [0.2, 0.25) is 5.02 Å². The molecule has 2 atom stereocenters. The number of piperazine rings is 1. The maximum absolute atomic E-state index is 16.2. The van der Waals surface area contributed by atoms with E-state index in [2.05, 4.69) is 15.2 Å². The molecule has 1 aromatic heterocycles. The topological polar surface area (TPSA) is 61.3 Å². The van der Waals surface area contributed by atoms with E-state index >= 15 is 4.39 Å². The Kier molecular flexibility index (Phi) is 4.89. The van der Waals surface area contributed by atoms with Crippen molar-refractivity contribution < 1.29 is 9.50 Å². The van der Waals surface area contributed by atoms with Gasteiger partial charge in [0.15, 0.2) is 5.82 Å². The summed E-state index contributed by atoms with van der Waals surface area (Å²) < 4.78 is 16.2. The number of rotatable bonds is 3. The van der Waals surface area contributed by atoms with Crippen molar-refractivity contribution in [2.24, 2.45) is 0 Å². The molecule has 0 aliphatic carbocycles. The van der Waals surface area contributed by atoms with Crippen molar-refractivity contribution in [2.75, 3.05) is 18.0 Å². The smallest absolute Gasteiger partial charge is 0.158 e. The normalized spacial score (nSPS) is 20.2. The van der Waals surface area contributed by atoms with Crippen molar-refractivity contribution in [1.29, 1.82) is 0 Å². The molecule has 6 rings (SSSR count). The highest BCUT2D eigenvalue weighted by Crippen LogP contribution is 2.42. The highest BCUT2D eigenvalue weighted by atomic mass is 35.5. The van der Waals surface area contributed by atoms with Crippen LogP contribution in [-0.2, 0) is 6.42 Å².